The zero-order valence-electron chi connectivity index (χ0n) is 19.6. The van der Waals surface area contributed by atoms with Crippen molar-refractivity contribution < 1.29 is 17.9 Å². The fourth-order valence-corrected chi connectivity index (χ4v) is 4.88. The Bertz CT molecular complexity index is 1400. The van der Waals surface area contributed by atoms with Crippen LogP contribution in [0.1, 0.15) is 31.0 Å². The van der Waals surface area contributed by atoms with E-state index in [1.54, 1.807) is 18.2 Å². The summed E-state index contributed by atoms with van der Waals surface area (Å²) < 4.78 is 32.7. The predicted octanol–water partition coefficient (Wildman–Crippen LogP) is 5.28. The fraction of sp³-hybridized carbons (Fsp3) is 0.214. The van der Waals surface area contributed by atoms with Gasteiger partial charge in [-0.15, -0.1) is 0 Å². The average molecular weight is 489 g/mol. The Morgan fingerprint density at radius 2 is 1.71 bits per heavy atom. The zero-order valence-corrected chi connectivity index (χ0v) is 20.4. The fourth-order valence-electron chi connectivity index (χ4n) is 3.85. The van der Waals surface area contributed by atoms with Crippen LogP contribution >= 0.6 is 0 Å². The van der Waals surface area contributed by atoms with Gasteiger partial charge in [0.15, 0.2) is 0 Å². The van der Waals surface area contributed by atoms with E-state index in [2.05, 4.69) is 9.71 Å². The summed E-state index contributed by atoms with van der Waals surface area (Å²) in [5.74, 6) is 0.453. The highest BCUT2D eigenvalue weighted by molar-refractivity contribution is 7.90. The van der Waals surface area contributed by atoms with Gasteiger partial charge in [0.25, 0.3) is 10.0 Å². The molecule has 4 aromatic rings. The minimum absolute atomic E-state index is 0.0807. The number of hydrogen-bond acceptors (Lipinski definition) is 5. The van der Waals surface area contributed by atoms with Crippen LogP contribution in [0.15, 0.2) is 95.9 Å². The molecule has 0 fully saturated rings. The van der Waals surface area contributed by atoms with Crippen LogP contribution in [0.2, 0.25) is 0 Å². The van der Waals surface area contributed by atoms with Crippen LogP contribution < -0.4 is 9.46 Å². The van der Waals surface area contributed by atoms with Gasteiger partial charge in [0.05, 0.1) is 16.1 Å². The van der Waals surface area contributed by atoms with Crippen LogP contribution in [0.25, 0.3) is 10.9 Å². The predicted molar refractivity (Wildman–Crippen MR) is 136 cm³/mol. The van der Waals surface area contributed by atoms with Gasteiger partial charge < -0.3 is 4.74 Å². The molecule has 1 aromatic heterocycles. The molecule has 7 heteroatoms. The number of para-hydroxylation sites is 1. The monoisotopic (exact) mass is 488 g/mol. The zero-order chi connectivity index (χ0) is 24.7. The van der Waals surface area contributed by atoms with Crippen molar-refractivity contribution in [1.82, 2.24) is 9.71 Å². The SMILES string of the molecule is CC(CCC(=O)NS(=O)(=O)c1ccccc1)Cc1cccc(OCc2ccc3ccccc3n2)c1. The first-order valence-corrected chi connectivity index (χ1v) is 13.0. The van der Waals surface area contributed by atoms with Crippen LogP contribution in [0.4, 0.5) is 0 Å². The lowest BCUT2D eigenvalue weighted by molar-refractivity contribution is -0.119. The Morgan fingerprint density at radius 1 is 0.943 bits per heavy atom. The molecule has 6 nitrogen and oxygen atoms in total. The summed E-state index contributed by atoms with van der Waals surface area (Å²) in [6.45, 7) is 2.42. The van der Waals surface area contributed by atoms with Crippen molar-refractivity contribution in [1.29, 1.82) is 0 Å². The number of amides is 1. The van der Waals surface area contributed by atoms with Crippen molar-refractivity contribution in [3.8, 4) is 5.75 Å². The lowest BCUT2D eigenvalue weighted by atomic mass is 9.96. The molecule has 0 aliphatic carbocycles. The molecule has 0 aliphatic rings. The first-order chi connectivity index (χ1) is 16.9. The van der Waals surface area contributed by atoms with Gasteiger partial charge in [0.1, 0.15) is 12.4 Å². The molecule has 1 atom stereocenters. The van der Waals surface area contributed by atoms with Gasteiger partial charge in [-0.3, -0.25) is 4.79 Å². The number of fused-ring (bicyclic) bond motifs is 1. The number of sulfonamides is 1. The van der Waals surface area contributed by atoms with E-state index >= 15 is 0 Å². The van der Waals surface area contributed by atoms with Crippen LogP contribution in [0.5, 0.6) is 5.75 Å². The topological polar surface area (TPSA) is 85.4 Å². The number of aromatic nitrogens is 1. The number of benzene rings is 3. The molecule has 0 aliphatic heterocycles. The minimum Gasteiger partial charge on any atom is -0.487 e. The number of carbonyl (C=O) groups excluding carboxylic acids is 1. The number of nitrogens with zero attached hydrogens (tertiary/aromatic N) is 1. The van der Waals surface area contributed by atoms with Gasteiger partial charge in [-0.2, -0.15) is 0 Å². The number of ether oxygens (including phenoxy) is 1. The van der Waals surface area contributed by atoms with Crippen molar-refractivity contribution in [2.75, 3.05) is 0 Å². The maximum Gasteiger partial charge on any atom is 0.264 e. The van der Waals surface area contributed by atoms with E-state index in [9.17, 15) is 13.2 Å². The lowest BCUT2D eigenvalue weighted by Crippen LogP contribution is -2.30. The number of rotatable bonds is 10. The Balaban J connectivity index is 1.27. The van der Waals surface area contributed by atoms with Crippen LogP contribution in [0, 0.1) is 5.92 Å². The quantitative estimate of drug-likeness (QED) is 0.328. The highest BCUT2D eigenvalue weighted by Crippen LogP contribution is 2.20. The van der Waals surface area contributed by atoms with Crippen molar-refractivity contribution in [3.05, 3.63) is 102 Å². The second-order valence-electron chi connectivity index (χ2n) is 8.62. The lowest BCUT2D eigenvalue weighted by Gasteiger charge is -2.13. The third-order valence-electron chi connectivity index (χ3n) is 5.69. The van der Waals surface area contributed by atoms with E-state index in [0.717, 1.165) is 34.3 Å². The number of pyridine rings is 1. The summed E-state index contributed by atoms with van der Waals surface area (Å²) in [6.07, 6.45) is 1.46. The first kappa shape index (κ1) is 24.4. The summed E-state index contributed by atoms with van der Waals surface area (Å²) in [5.41, 5.74) is 2.90. The molecule has 0 radical (unpaired) electrons. The molecule has 0 bridgehead atoms. The van der Waals surface area contributed by atoms with Crippen molar-refractivity contribution in [2.24, 2.45) is 5.92 Å². The molecule has 1 amide bonds. The third-order valence-corrected chi connectivity index (χ3v) is 7.08. The molecule has 180 valence electrons. The number of nitrogens with one attached hydrogen (secondary N) is 1. The third kappa shape index (κ3) is 6.90. The molecular weight excluding hydrogens is 460 g/mol. The molecule has 35 heavy (non-hydrogen) atoms. The second kappa shape index (κ2) is 11.1. The van der Waals surface area contributed by atoms with Gasteiger partial charge in [-0.25, -0.2) is 18.1 Å². The number of carbonyl (C=O) groups is 1. The molecule has 1 heterocycles. The molecule has 4 rings (SSSR count). The summed E-state index contributed by atoms with van der Waals surface area (Å²) in [5, 5.41) is 1.10. The Morgan fingerprint density at radius 3 is 2.54 bits per heavy atom. The summed E-state index contributed by atoms with van der Waals surface area (Å²) >= 11 is 0. The largest absolute Gasteiger partial charge is 0.487 e. The van der Waals surface area contributed by atoms with Crippen molar-refractivity contribution >= 4 is 26.8 Å². The molecule has 0 spiro atoms. The highest BCUT2D eigenvalue weighted by Gasteiger charge is 2.17. The van der Waals surface area contributed by atoms with Crippen LogP contribution in [0.3, 0.4) is 0 Å². The second-order valence-corrected chi connectivity index (χ2v) is 10.3. The van der Waals surface area contributed by atoms with Crippen molar-refractivity contribution in [3.63, 3.8) is 0 Å². The summed E-state index contributed by atoms with van der Waals surface area (Å²) in [6, 6.07) is 27.8. The van der Waals surface area contributed by atoms with Gasteiger partial charge >= 0.3 is 0 Å². The van der Waals surface area contributed by atoms with Crippen molar-refractivity contribution in [2.45, 2.75) is 37.7 Å². The molecular formula is C28H28N2O4S. The molecule has 3 aromatic carbocycles. The van der Waals surface area contributed by atoms with E-state index < -0.39 is 15.9 Å². The van der Waals surface area contributed by atoms with E-state index in [4.69, 9.17) is 4.74 Å². The van der Waals surface area contributed by atoms with E-state index in [1.807, 2.05) is 67.6 Å². The molecule has 1 N–H and O–H groups in total. The number of hydrogen-bond donors (Lipinski definition) is 1. The Hall–Kier alpha value is -3.71. The molecule has 1 unspecified atom stereocenters. The summed E-state index contributed by atoms with van der Waals surface area (Å²) in [7, 11) is -3.83. The van der Waals surface area contributed by atoms with Gasteiger partial charge in [0, 0.05) is 11.8 Å². The van der Waals surface area contributed by atoms with Gasteiger partial charge in [-0.1, -0.05) is 61.5 Å². The minimum atomic E-state index is -3.83. The average Bonchev–Trinajstić information content (AvgIpc) is 2.87. The Kier molecular flexibility index (Phi) is 7.77. The standard InChI is InChI=1S/C28H28N2O4S/c1-21(14-17-28(31)30-35(32,33)26-11-3-2-4-12-26)18-22-8-7-10-25(19-22)34-20-24-16-15-23-9-5-6-13-27(23)29-24/h2-13,15-16,19,21H,14,17-18,20H2,1H3,(H,30,31). The highest BCUT2D eigenvalue weighted by atomic mass is 32.2. The summed E-state index contributed by atoms with van der Waals surface area (Å²) in [4.78, 5) is 16.9. The van der Waals surface area contributed by atoms with Crippen LogP contribution in [-0.2, 0) is 27.8 Å². The molecule has 0 saturated heterocycles. The van der Waals surface area contributed by atoms with E-state index in [1.165, 1.54) is 12.1 Å². The maximum atomic E-state index is 12.3. The Labute approximate surface area is 206 Å². The van der Waals surface area contributed by atoms with Gasteiger partial charge in [-0.05, 0) is 60.7 Å². The maximum absolute atomic E-state index is 12.3. The first-order valence-electron chi connectivity index (χ1n) is 11.6. The van der Waals surface area contributed by atoms with E-state index in [0.29, 0.717) is 13.0 Å². The smallest absolute Gasteiger partial charge is 0.264 e. The normalized spacial score (nSPS) is 12.3. The van der Waals surface area contributed by atoms with Gasteiger partial charge in [0.2, 0.25) is 5.91 Å². The van der Waals surface area contributed by atoms with E-state index in [-0.39, 0.29) is 17.2 Å². The van der Waals surface area contributed by atoms with Crippen LogP contribution in [-0.4, -0.2) is 19.3 Å². The molecule has 0 saturated carbocycles.